The minimum Gasteiger partial charge on any atom is -0.317 e. The van der Waals surface area contributed by atoms with E-state index in [2.05, 4.69) is 19.2 Å². The van der Waals surface area contributed by atoms with Crippen molar-refractivity contribution in [3.05, 3.63) is 59.2 Å². The summed E-state index contributed by atoms with van der Waals surface area (Å²) >= 11 is 0. The summed E-state index contributed by atoms with van der Waals surface area (Å²) in [5.41, 5.74) is 2.91. The standard InChI is InChI=1S/C21H24F3N/c1-14(2)16-4-3-5-17(10-16)19-11-18(15-6-8-25-9-7-15)12-20(13-19)21(22,23)24/h3-5,10-15,25H,6-9H2,1-2H3. The average molecular weight is 347 g/mol. The van der Waals surface area contributed by atoms with Gasteiger partial charge in [0.1, 0.15) is 0 Å². The van der Waals surface area contributed by atoms with Gasteiger partial charge >= 0.3 is 6.18 Å². The number of benzene rings is 2. The van der Waals surface area contributed by atoms with Crippen molar-refractivity contribution in [2.24, 2.45) is 0 Å². The highest BCUT2D eigenvalue weighted by Crippen LogP contribution is 2.37. The summed E-state index contributed by atoms with van der Waals surface area (Å²) in [5.74, 6) is 0.533. The van der Waals surface area contributed by atoms with E-state index >= 15 is 0 Å². The second kappa shape index (κ2) is 7.20. The fourth-order valence-electron chi connectivity index (χ4n) is 3.45. The number of alkyl halides is 3. The van der Waals surface area contributed by atoms with E-state index in [1.54, 1.807) is 0 Å². The van der Waals surface area contributed by atoms with Crippen LogP contribution in [0.3, 0.4) is 0 Å². The average Bonchev–Trinajstić information content (AvgIpc) is 2.61. The van der Waals surface area contributed by atoms with E-state index in [9.17, 15) is 13.2 Å². The van der Waals surface area contributed by atoms with Gasteiger partial charge in [0.05, 0.1) is 5.56 Å². The lowest BCUT2D eigenvalue weighted by Crippen LogP contribution is -2.26. The van der Waals surface area contributed by atoms with E-state index in [0.29, 0.717) is 11.5 Å². The van der Waals surface area contributed by atoms with Crippen LogP contribution in [0.4, 0.5) is 13.2 Å². The molecule has 0 saturated carbocycles. The largest absolute Gasteiger partial charge is 0.416 e. The quantitative estimate of drug-likeness (QED) is 0.722. The highest BCUT2D eigenvalue weighted by molar-refractivity contribution is 5.66. The molecular formula is C21H24F3N. The van der Waals surface area contributed by atoms with E-state index in [1.165, 1.54) is 12.1 Å². The van der Waals surface area contributed by atoms with E-state index in [4.69, 9.17) is 0 Å². The molecule has 2 aromatic rings. The van der Waals surface area contributed by atoms with Crippen LogP contribution in [-0.2, 0) is 6.18 Å². The van der Waals surface area contributed by atoms with Crippen molar-refractivity contribution in [1.29, 1.82) is 0 Å². The van der Waals surface area contributed by atoms with Crippen LogP contribution in [0.15, 0.2) is 42.5 Å². The Labute approximate surface area is 147 Å². The molecule has 0 amide bonds. The van der Waals surface area contributed by atoms with E-state index in [1.807, 2.05) is 30.3 Å². The summed E-state index contributed by atoms with van der Waals surface area (Å²) in [6.45, 7) is 5.90. The Morgan fingerprint density at radius 1 is 0.960 bits per heavy atom. The molecule has 0 spiro atoms. The molecule has 0 atom stereocenters. The molecule has 0 unspecified atom stereocenters. The predicted molar refractivity (Wildman–Crippen MR) is 95.8 cm³/mol. The maximum absolute atomic E-state index is 13.4. The van der Waals surface area contributed by atoms with Gasteiger partial charge in [-0.1, -0.05) is 44.2 Å². The molecule has 3 rings (SSSR count). The van der Waals surface area contributed by atoms with Gasteiger partial charge < -0.3 is 5.32 Å². The van der Waals surface area contributed by atoms with Gasteiger partial charge in [0.2, 0.25) is 0 Å². The number of hydrogen-bond donors (Lipinski definition) is 1. The molecule has 1 N–H and O–H groups in total. The maximum Gasteiger partial charge on any atom is 0.416 e. The minimum absolute atomic E-state index is 0.190. The van der Waals surface area contributed by atoms with Crippen LogP contribution in [0.1, 0.15) is 55.2 Å². The molecule has 1 fully saturated rings. The maximum atomic E-state index is 13.4. The third-order valence-corrected chi connectivity index (χ3v) is 4.98. The van der Waals surface area contributed by atoms with Gasteiger partial charge in [-0.2, -0.15) is 13.2 Å². The Morgan fingerprint density at radius 2 is 1.68 bits per heavy atom. The van der Waals surface area contributed by atoms with Crippen molar-refractivity contribution < 1.29 is 13.2 Å². The molecule has 1 nitrogen and oxygen atoms in total. The normalized spacial score (nSPS) is 16.4. The van der Waals surface area contributed by atoms with Crippen LogP contribution in [-0.4, -0.2) is 13.1 Å². The Kier molecular flexibility index (Phi) is 5.19. The lowest BCUT2D eigenvalue weighted by atomic mass is 9.86. The SMILES string of the molecule is CC(C)c1cccc(-c2cc(C3CCNCC3)cc(C(F)(F)F)c2)c1. The molecule has 4 heteroatoms. The number of piperidine rings is 1. The van der Waals surface area contributed by atoms with E-state index in [0.717, 1.165) is 42.6 Å². The molecular weight excluding hydrogens is 323 g/mol. The van der Waals surface area contributed by atoms with E-state index in [-0.39, 0.29) is 5.92 Å². The summed E-state index contributed by atoms with van der Waals surface area (Å²) in [7, 11) is 0. The zero-order valence-electron chi connectivity index (χ0n) is 14.7. The second-order valence-electron chi connectivity index (χ2n) is 7.15. The van der Waals surface area contributed by atoms with Gasteiger partial charge in [0.25, 0.3) is 0 Å². The molecule has 0 aromatic heterocycles. The summed E-state index contributed by atoms with van der Waals surface area (Å²) in [6, 6.07) is 12.4. The van der Waals surface area contributed by atoms with Crippen molar-refractivity contribution in [3.63, 3.8) is 0 Å². The number of rotatable bonds is 3. The molecule has 1 heterocycles. The van der Waals surface area contributed by atoms with Crippen molar-refractivity contribution in [1.82, 2.24) is 5.32 Å². The fourth-order valence-corrected chi connectivity index (χ4v) is 3.45. The molecule has 1 aliphatic rings. The van der Waals surface area contributed by atoms with Crippen molar-refractivity contribution in [3.8, 4) is 11.1 Å². The lowest BCUT2D eigenvalue weighted by Gasteiger charge is -2.24. The van der Waals surface area contributed by atoms with Gasteiger partial charge in [-0.3, -0.25) is 0 Å². The second-order valence-corrected chi connectivity index (χ2v) is 7.15. The summed E-state index contributed by atoms with van der Waals surface area (Å²) < 4.78 is 40.3. The molecule has 0 radical (unpaired) electrons. The number of nitrogens with one attached hydrogen (secondary N) is 1. The van der Waals surface area contributed by atoms with Gasteiger partial charge in [-0.05, 0) is 72.2 Å². The third kappa shape index (κ3) is 4.24. The first-order valence-corrected chi connectivity index (χ1v) is 8.88. The van der Waals surface area contributed by atoms with Crippen molar-refractivity contribution in [2.75, 3.05) is 13.1 Å². The van der Waals surface area contributed by atoms with Gasteiger partial charge in [0, 0.05) is 0 Å². The molecule has 1 aliphatic heterocycles. The Balaban J connectivity index is 2.07. The highest BCUT2D eigenvalue weighted by Gasteiger charge is 2.32. The zero-order valence-corrected chi connectivity index (χ0v) is 14.7. The Hall–Kier alpha value is -1.81. The number of halogens is 3. The van der Waals surface area contributed by atoms with Crippen LogP contribution < -0.4 is 5.32 Å². The molecule has 0 aliphatic carbocycles. The molecule has 134 valence electrons. The van der Waals surface area contributed by atoms with Gasteiger partial charge in [-0.15, -0.1) is 0 Å². The van der Waals surface area contributed by atoms with Crippen LogP contribution in [0, 0.1) is 0 Å². The van der Waals surface area contributed by atoms with Crippen molar-refractivity contribution >= 4 is 0 Å². The van der Waals surface area contributed by atoms with Gasteiger partial charge in [-0.25, -0.2) is 0 Å². The first kappa shape index (κ1) is 18.0. The summed E-state index contributed by atoms with van der Waals surface area (Å²) in [6.07, 6.45) is -2.56. The smallest absolute Gasteiger partial charge is 0.317 e. The Bertz CT molecular complexity index is 728. The van der Waals surface area contributed by atoms with Crippen LogP contribution >= 0.6 is 0 Å². The predicted octanol–water partition coefficient (Wildman–Crippen LogP) is 5.96. The number of hydrogen-bond acceptors (Lipinski definition) is 1. The zero-order chi connectivity index (χ0) is 18.0. The first-order chi connectivity index (χ1) is 11.8. The fraction of sp³-hybridized carbons (Fsp3) is 0.429. The summed E-state index contributed by atoms with van der Waals surface area (Å²) in [5, 5.41) is 3.27. The Morgan fingerprint density at radius 3 is 2.32 bits per heavy atom. The molecule has 1 saturated heterocycles. The molecule has 0 bridgehead atoms. The summed E-state index contributed by atoms with van der Waals surface area (Å²) in [4.78, 5) is 0. The minimum atomic E-state index is -4.33. The van der Waals surface area contributed by atoms with Crippen LogP contribution in [0.25, 0.3) is 11.1 Å². The lowest BCUT2D eigenvalue weighted by molar-refractivity contribution is -0.137. The third-order valence-electron chi connectivity index (χ3n) is 4.98. The molecule has 2 aromatic carbocycles. The van der Waals surface area contributed by atoms with E-state index < -0.39 is 11.7 Å². The first-order valence-electron chi connectivity index (χ1n) is 8.88. The molecule has 25 heavy (non-hydrogen) atoms. The van der Waals surface area contributed by atoms with Crippen LogP contribution in [0.5, 0.6) is 0 Å². The monoisotopic (exact) mass is 347 g/mol. The van der Waals surface area contributed by atoms with Crippen LogP contribution in [0.2, 0.25) is 0 Å². The topological polar surface area (TPSA) is 12.0 Å². The van der Waals surface area contributed by atoms with Crippen molar-refractivity contribution in [2.45, 2.75) is 44.7 Å². The van der Waals surface area contributed by atoms with Gasteiger partial charge in [0.15, 0.2) is 0 Å². The highest BCUT2D eigenvalue weighted by atomic mass is 19.4.